The molecular formula is C53H94O10. The molecular weight excluding hydrogens is 797 g/mol. The molecule has 6 atom stereocenters. The van der Waals surface area contributed by atoms with Crippen LogP contribution in [0.4, 0.5) is 0 Å². The summed E-state index contributed by atoms with van der Waals surface area (Å²) in [6.45, 7) is 3.31. The lowest BCUT2D eigenvalue weighted by Crippen LogP contribution is -2.59. The molecule has 0 saturated carbocycles. The number of hydrogen-bond acceptors (Lipinski definition) is 10. The van der Waals surface area contributed by atoms with E-state index in [-0.39, 0.29) is 32.0 Å². The Morgan fingerprint density at radius 3 is 1.43 bits per heavy atom. The summed E-state index contributed by atoms with van der Waals surface area (Å²) in [5.74, 6) is -0.823. The van der Waals surface area contributed by atoms with Crippen LogP contribution in [0.5, 0.6) is 0 Å². The second-order valence-corrected chi connectivity index (χ2v) is 17.6. The van der Waals surface area contributed by atoms with Gasteiger partial charge in [0.2, 0.25) is 0 Å². The zero-order valence-electron chi connectivity index (χ0n) is 40.1. The smallest absolute Gasteiger partial charge is 0.306 e. The minimum Gasteiger partial charge on any atom is -0.462 e. The molecule has 1 aliphatic rings. The molecule has 4 N–H and O–H groups in total. The summed E-state index contributed by atoms with van der Waals surface area (Å²) in [7, 11) is 0. The van der Waals surface area contributed by atoms with Crippen molar-refractivity contribution in [3.05, 3.63) is 48.6 Å². The zero-order chi connectivity index (χ0) is 45.9. The molecule has 10 heteroatoms. The predicted molar refractivity (Wildman–Crippen MR) is 256 cm³/mol. The van der Waals surface area contributed by atoms with Crippen LogP contribution >= 0.6 is 0 Å². The van der Waals surface area contributed by atoms with Gasteiger partial charge in [0.1, 0.15) is 31.0 Å². The van der Waals surface area contributed by atoms with Crippen molar-refractivity contribution in [2.24, 2.45) is 0 Å². The maximum atomic E-state index is 12.8. The molecule has 0 amide bonds. The number of aliphatic hydroxyl groups excluding tert-OH is 4. The Balaban J connectivity index is 2.24. The van der Waals surface area contributed by atoms with Crippen LogP contribution in [0.25, 0.3) is 0 Å². The molecule has 0 spiro atoms. The van der Waals surface area contributed by atoms with E-state index >= 15 is 0 Å². The number of rotatable bonds is 43. The van der Waals surface area contributed by atoms with Crippen molar-refractivity contribution in [1.29, 1.82) is 0 Å². The van der Waals surface area contributed by atoms with E-state index in [4.69, 9.17) is 18.9 Å². The van der Waals surface area contributed by atoms with E-state index in [1.165, 1.54) is 116 Å². The van der Waals surface area contributed by atoms with Gasteiger partial charge in [-0.05, 0) is 70.6 Å². The summed E-state index contributed by atoms with van der Waals surface area (Å²) in [6, 6.07) is 0. The first-order valence-corrected chi connectivity index (χ1v) is 25.7. The third-order valence-electron chi connectivity index (χ3n) is 11.7. The Morgan fingerprint density at radius 1 is 0.508 bits per heavy atom. The minimum absolute atomic E-state index is 0.210. The summed E-state index contributed by atoms with van der Waals surface area (Å²) >= 11 is 0. The van der Waals surface area contributed by atoms with E-state index in [1.807, 2.05) is 0 Å². The van der Waals surface area contributed by atoms with E-state index in [0.717, 1.165) is 70.6 Å². The van der Waals surface area contributed by atoms with Crippen LogP contribution in [0.15, 0.2) is 48.6 Å². The summed E-state index contributed by atoms with van der Waals surface area (Å²) in [5.41, 5.74) is 0. The van der Waals surface area contributed by atoms with Crippen molar-refractivity contribution >= 4 is 11.9 Å². The number of ether oxygens (including phenoxy) is 4. The standard InChI is InChI=1S/C53H94O10/c1-3-5-7-9-11-13-15-17-19-20-21-22-23-24-25-26-28-29-31-33-35-37-39-41-48(55)60-44-46(45-61-53-52(59)51(58)50(57)47(43-54)63-53)62-49(56)42-40-38-36-34-32-30-27-18-16-14-12-10-8-6-4-2/h6,8,12,14,18,20-21,27,46-47,50-54,57-59H,3-5,7,9-11,13,15-17,19,22-26,28-45H2,1-2H3/b8-6-,14-12-,21-20-,27-18-. The van der Waals surface area contributed by atoms with Crippen LogP contribution in [-0.4, -0.2) is 89.0 Å². The van der Waals surface area contributed by atoms with Crippen LogP contribution in [0.2, 0.25) is 0 Å². The summed E-state index contributed by atoms with van der Waals surface area (Å²) in [6.07, 6.45) is 45.5. The first-order chi connectivity index (χ1) is 30.8. The Bertz CT molecular complexity index is 1170. The average Bonchev–Trinajstić information content (AvgIpc) is 3.28. The average molecular weight is 891 g/mol. The maximum Gasteiger partial charge on any atom is 0.306 e. The van der Waals surface area contributed by atoms with Crippen molar-refractivity contribution < 1.29 is 49.0 Å². The number of allylic oxidation sites excluding steroid dienone is 8. The third-order valence-corrected chi connectivity index (χ3v) is 11.7. The van der Waals surface area contributed by atoms with E-state index in [2.05, 4.69) is 62.5 Å². The first-order valence-electron chi connectivity index (χ1n) is 25.7. The van der Waals surface area contributed by atoms with Gasteiger partial charge >= 0.3 is 11.9 Å². The van der Waals surface area contributed by atoms with Gasteiger partial charge in [-0.25, -0.2) is 0 Å². The first kappa shape index (κ1) is 58.7. The van der Waals surface area contributed by atoms with Gasteiger partial charge in [0.05, 0.1) is 13.2 Å². The Morgan fingerprint density at radius 2 is 0.937 bits per heavy atom. The maximum absolute atomic E-state index is 12.8. The lowest BCUT2D eigenvalue weighted by atomic mass is 9.99. The van der Waals surface area contributed by atoms with Crippen molar-refractivity contribution in [2.75, 3.05) is 19.8 Å². The van der Waals surface area contributed by atoms with E-state index in [9.17, 15) is 30.0 Å². The van der Waals surface area contributed by atoms with Crippen LogP contribution < -0.4 is 0 Å². The molecule has 0 bridgehead atoms. The molecule has 1 fully saturated rings. The number of carbonyl (C=O) groups excluding carboxylic acids is 2. The predicted octanol–water partition coefficient (Wildman–Crippen LogP) is 12.0. The summed E-state index contributed by atoms with van der Waals surface area (Å²) in [4.78, 5) is 25.4. The summed E-state index contributed by atoms with van der Waals surface area (Å²) in [5, 5.41) is 40.2. The SMILES string of the molecule is CC/C=C\C/C=C\C/C=C\CCCCCCCC(=O)OC(COC(=O)CCCCCCCCCCCCC/C=C\CCCCCCCCCC)COC1OC(CO)C(O)C(O)C1O. The molecule has 1 rings (SSSR count). The van der Waals surface area contributed by atoms with Gasteiger partial charge in [0, 0.05) is 12.8 Å². The molecule has 0 aromatic heterocycles. The topological polar surface area (TPSA) is 152 Å². The molecule has 0 aromatic rings. The van der Waals surface area contributed by atoms with Crippen molar-refractivity contribution in [1.82, 2.24) is 0 Å². The monoisotopic (exact) mass is 891 g/mol. The Labute approximate surface area is 384 Å². The fourth-order valence-corrected chi connectivity index (χ4v) is 7.67. The normalized spacial score (nSPS) is 19.9. The summed E-state index contributed by atoms with van der Waals surface area (Å²) < 4.78 is 22.2. The van der Waals surface area contributed by atoms with E-state index in [1.54, 1.807) is 0 Å². The van der Waals surface area contributed by atoms with Gasteiger partial charge in [0.25, 0.3) is 0 Å². The highest BCUT2D eigenvalue weighted by molar-refractivity contribution is 5.70. The highest BCUT2D eigenvalue weighted by atomic mass is 16.7. The van der Waals surface area contributed by atoms with Gasteiger partial charge in [-0.1, -0.05) is 184 Å². The molecule has 10 nitrogen and oxygen atoms in total. The Hall–Kier alpha value is -2.34. The van der Waals surface area contributed by atoms with E-state index < -0.39 is 49.4 Å². The van der Waals surface area contributed by atoms with Crippen molar-refractivity contribution in [3.8, 4) is 0 Å². The number of aliphatic hydroxyl groups is 4. The molecule has 0 radical (unpaired) electrons. The van der Waals surface area contributed by atoms with Crippen LogP contribution in [0.3, 0.4) is 0 Å². The number of carbonyl (C=O) groups is 2. The lowest BCUT2D eigenvalue weighted by molar-refractivity contribution is -0.305. The van der Waals surface area contributed by atoms with Gasteiger partial charge in [-0.15, -0.1) is 0 Å². The van der Waals surface area contributed by atoms with Crippen LogP contribution in [-0.2, 0) is 28.5 Å². The Kier molecular flexibility index (Phi) is 40.6. The minimum atomic E-state index is -1.60. The van der Waals surface area contributed by atoms with Crippen LogP contribution in [0, 0.1) is 0 Å². The molecule has 6 unspecified atom stereocenters. The van der Waals surface area contributed by atoms with Gasteiger partial charge in [0.15, 0.2) is 12.4 Å². The van der Waals surface area contributed by atoms with Gasteiger partial charge in [-0.3, -0.25) is 9.59 Å². The van der Waals surface area contributed by atoms with Crippen molar-refractivity contribution in [3.63, 3.8) is 0 Å². The van der Waals surface area contributed by atoms with E-state index in [0.29, 0.717) is 6.42 Å². The highest BCUT2D eigenvalue weighted by Gasteiger charge is 2.44. The molecule has 0 aliphatic carbocycles. The van der Waals surface area contributed by atoms with Crippen LogP contribution in [0.1, 0.15) is 219 Å². The molecule has 1 saturated heterocycles. The second kappa shape index (κ2) is 43.5. The molecule has 1 aliphatic heterocycles. The van der Waals surface area contributed by atoms with Crippen molar-refractivity contribution in [2.45, 2.75) is 256 Å². The number of esters is 2. The quantitative estimate of drug-likeness (QED) is 0.0264. The van der Waals surface area contributed by atoms with Gasteiger partial charge in [-0.2, -0.15) is 0 Å². The molecule has 366 valence electrons. The number of hydrogen-bond donors (Lipinski definition) is 4. The third kappa shape index (κ3) is 34.6. The fraction of sp³-hybridized carbons (Fsp3) is 0.811. The highest BCUT2D eigenvalue weighted by Crippen LogP contribution is 2.23. The lowest BCUT2D eigenvalue weighted by Gasteiger charge is -2.39. The second-order valence-electron chi connectivity index (χ2n) is 17.6. The van der Waals surface area contributed by atoms with Gasteiger partial charge < -0.3 is 39.4 Å². The number of unbranched alkanes of at least 4 members (excludes halogenated alkanes) is 24. The molecule has 63 heavy (non-hydrogen) atoms. The fourth-order valence-electron chi connectivity index (χ4n) is 7.67. The largest absolute Gasteiger partial charge is 0.462 e. The molecule has 0 aromatic carbocycles. The molecule has 1 heterocycles. The zero-order valence-corrected chi connectivity index (χ0v) is 40.1.